The number of carboxylic acid groups (broad SMARTS) is 2. The fraction of sp³-hybridized carbons (Fsp3) is 0.800. The lowest BCUT2D eigenvalue weighted by Crippen LogP contribution is -2.43. The van der Waals surface area contributed by atoms with Crippen LogP contribution in [0, 0.1) is 5.92 Å². The predicted octanol–water partition coefficient (Wildman–Crippen LogP) is 5.33. The van der Waals surface area contributed by atoms with Crippen LogP contribution in [0.25, 0.3) is 0 Å². The number of unbranched alkanes of at least 4 members (excludes halogenated alkanes) is 14. The minimum Gasteiger partial charge on any atom is -0.481 e. The molecule has 0 unspecified atom stereocenters. The van der Waals surface area contributed by atoms with Gasteiger partial charge in [0.15, 0.2) is 18.2 Å². The van der Waals surface area contributed by atoms with E-state index in [1.165, 1.54) is 32.1 Å². The molecule has 0 aromatic carbocycles. The third-order valence-electron chi connectivity index (χ3n) is 10.4. The first kappa shape index (κ1) is 58.4. The Kier molecular flexibility index (Phi) is 35.1. The van der Waals surface area contributed by atoms with E-state index in [1.807, 2.05) is 27.7 Å². The lowest BCUT2D eigenvalue weighted by atomic mass is 9.96. The summed E-state index contributed by atoms with van der Waals surface area (Å²) in [5, 5.41) is 31.7. The van der Waals surface area contributed by atoms with Crippen molar-refractivity contribution in [2.45, 2.75) is 219 Å². The summed E-state index contributed by atoms with van der Waals surface area (Å²) in [6.07, 6.45) is 13.8. The Morgan fingerprint density at radius 1 is 0.476 bits per heavy atom. The number of amides is 4. The fourth-order valence-corrected chi connectivity index (χ4v) is 6.89. The zero-order valence-corrected chi connectivity index (χ0v) is 38.4. The maximum atomic E-state index is 12.6. The third-order valence-corrected chi connectivity index (χ3v) is 10.4. The lowest BCUT2D eigenvalue weighted by Gasteiger charge is -2.22. The molecule has 0 aromatic rings. The van der Waals surface area contributed by atoms with Gasteiger partial charge >= 0.3 is 11.9 Å². The quantitative estimate of drug-likeness (QED) is 0.0232. The van der Waals surface area contributed by atoms with Crippen LogP contribution in [0.5, 0.6) is 0 Å². The highest BCUT2D eigenvalue weighted by Crippen LogP contribution is 2.15. The van der Waals surface area contributed by atoms with Gasteiger partial charge in [-0.05, 0) is 38.5 Å². The molecule has 0 bridgehead atoms. The second-order valence-corrected chi connectivity index (χ2v) is 16.8. The summed E-state index contributed by atoms with van der Waals surface area (Å²) in [5.41, 5.74) is 0. The van der Waals surface area contributed by atoms with Gasteiger partial charge in [0.2, 0.25) is 23.6 Å². The van der Waals surface area contributed by atoms with E-state index in [0.717, 1.165) is 51.4 Å². The third kappa shape index (κ3) is 34.5. The van der Waals surface area contributed by atoms with Gasteiger partial charge in [-0.15, -0.1) is 0 Å². The molecule has 0 spiro atoms. The Hall–Kier alpha value is -4.61. The van der Waals surface area contributed by atoms with E-state index in [4.69, 9.17) is 14.6 Å². The number of Topliss-reactive ketones (excluding diaryl/α,β-unsaturated/α-hetero) is 1. The largest absolute Gasteiger partial charge is 0.481 e. The van der Waals surface area contributed by atoms with E-state index in [0.29, 0.717) is 32.2 Å². The van der Waals surface area contributed by atoms with Crippen LogP contribution in [0.15, 0.2) is 0 Å². The average Bonchev–Trinajstić information content (AvgIpc) is 3.22. The fourth-order valence-electron chi connectivity index (χ4n) is 6.89. The van der Waals surface area contributed by atoms with Crippen molar-refractivity contribution in [3.63, 3.8) is 0 Å². The first-order valence-electron chi connectivity index (χ1n) is 23.2. The molecule has 0 radical (unpaired) electrons. The van der Waals surface area contributed by atoms with E-state index in [1.54, 1.807) is 0 Å². The second-order valence-electron chi connectivity index (χ2n) is 16.8. The zero-order chi connectivity index (χ0) is 47.3. The number of carbonyl (C=O) groups excluding carboxylic acids is 7. The van der Waals surface area contributed by atoms with Crippen LogP contribution in [-0.4, -0.2) is 102 Å². The first-order chi connectivity index (χ1) is 30.1. The molecule has 0 saturated carbocycles. The Morgan fingerprint density at radius 3 is 1.35 bits per heavy atom. The number of aliphatic carboxylic acids is 2. The number of ketones is 1. The maximum Gasteiger partial charge on any atom is 0.326 e. The summed E-state index contributed by atoms with van der Waals surface area (Å²) < 4.78 is 9.83. The van der Waals surface area contributed by atoms with Crippen molar-refractivity contribution in [3.05, 3.63) is 0 Å². The van der Waals surface area contributed by atoms with Gasteiger partial charge < -0.3 is 46.3 Å². The summed E-state index contributed by atoms with van der Waals surface area (Å²) in [7, 11) is 0. The number of hydrogen-bond acceptors (Lipinski definition) is 12. The number of carbonyl (C=O) groups is 9. The first-order valence-corrected chi connectivity index (χ1v) is 23.2. The Labute approximate surface area is 374 Å². The molecular weight excluding hydrogens is 819 g/mol. The van der Waals surface area contributed by atoms with Crippen LogP contribution in [-0.2, 0) is 52.6 Å². The van der Waals surface area contributed by atoms with Crippen molar-refractivity contribution in [1.82, 2.24) is 26.6 Å². The Bertz CT molecular complexity index is 1350. The highest BCUT2D eigenvalue weighted by molar-refractivity contribution is 5.86. The molecule has 0 aliphatic heterocycles. The molecule has 0 heterocycles. The van der Waals surface area contributed by atoms with Crippen molar-refractivity contribution >= 4 is 54.3 Å². The van der Waals surface area contributed by atoms with Gasteiger partial charge in [-0.25, -0.2) is 4.79 Å². The Morgan fingerprint density at radius 2 is 0.905 bits per heavy atom. The minimum absolute atomic E-state index is 0.0385. The van der Waals surface area contributed by atoms with Crippen molar-refractivity contribution in [2.75, 3.05) is 6.54 Å². The van der Waals surface area contributed by atoms with E-state index in [-0.39, 0.29) is 99.9 Å². The molecule has 0 aromatic heterocycles. The van der Waals surface area contributed by atoms with Crippen molar-refractivity contribution in [1.29, 1.82) is 0 Å². The van der Waals surface area contributed by atoms with Crippen LogP contribution >= 0.6 is 0 Å². The van der Waals surface area contributed by atoms with Crippen molar-refractivity contribution in [2.24, 2.45) is 5.92 Å². The monoisotopic (exact) mass is 898 g/mol. The predicted molar refractivity (Wildman–Crippen MR) is 236 cm³/mol. The van der Waals surface area contributed by atoms with Crippen molar-refractivity contribution < 1.29 is 62.8 Å². The summed E-state index contributed by atoms with van der Waals surface area (Å²) in [6, 6.07) is -1.54. The number of ether oxygens (including phenoxy) is 2. The lowest BCUT2D eigenvalue weighted by molar-refractivity contribution is -0.142. The topological polar surface area (TPSA) is 273 Å². The van der Waals surface area contributed by atoms with Crippen LogP contribution in [0.3, 0.4) is 0 Å². The standard InChI is InChI=1S/C45H79N5O13/c1-33(2)44(59)35(47-34(3)4)21-19-20-30-46-37(53)26-28-41(62-31-51)50-40(56)25-24-36(45(60)61)48-39(55)27-29-42(63-32-52)49-38(54)22-17-15-13-11-9-7-5-6-8-10-12-14-16-18-23-43(57)58/h31-36,41-42,47H,5-30H2,1-4H3,(H,46,53)(H,48,55)(H,49,54)(H,50,56)(H,57,58)(H,60,61)/t35-,36-,41+,42+/m0/s1. The van der Waals surface area contributed by atoms with Gasteiger partial charge in [0.25, 0.3) is 12.9 Å². The van der Waals surface area contributed by atoms with E-state index >= 15 is 0 Å². The summed E-state index contributed by atoms with van der Waals surface area (Å²) in [6.45, 7) is 8.34. The smallest absolute Gasteiger partial charge is 0.326 e. The minimum atomic E-state index is -1.45. The van der Waals surface area contributed by atoms with Gasteiger partial charge in [0.05, 0.1) is 6.04 Å². The summed E-state index contributed by atoms with van der Waals surface area (Å²) in [5.74, 6) is -4.11. The van der Waals surface area contributed by atoms with Crippen molar-refractivity contribution in [3.8, 4) is 0 Å². The van der Waals surface area contributed by atoms with Gasteiger partial charge in [-0.3, -0.25) is 38.4 Å². The highest BCUT2D eigenvalue weighted by Gasteiger charge is 2.24. The molecule has 63 heavy (non-hydrogen) atoms. The number of carboxylic acids is 2. The maximum absolute atomic E-state index is 12.6. The number of nitrogens with one attached hydrogen (secondary N) is 5. The van der Waals surface area contributed by atoms with Crippen LogP contribution < -0.4 is 26.6 Å². The molecule has 362 valence electrons. The molecule has 18 nitrogen and oxygen atoms in total. The SMILES string of the molecule is CC(C)N[C@@H](CCCCNC(=O)CC[C@H](NC(=O)CC[C@H](NC(=O)CC[C@H](NC(=O)CCCCCCCCCCCCCCCCC(=O)O)OC=O)C(=O)O)OC=O)C(=O)C(C)C. The van der Waals surface area contributed by atoms with Gasteiger partial charge in [0, 0.05) is 63.5 Å². The zero-order valence-electron chi connectivity index (χ0n) is 38.4. The molecule has 7 N–H and O–H groups in total. The van der Waals surface area contributed by atoms with Crippen LogP contribution in [0.1, 0.15) is 188 Å². The Balaban J connectivity index is 4.42. The molecule has 0 saturated heterocycles. The van der Waals surface area contributed by atoms with Crippen LogP contribution in [0.2, 0.25) is 0 Å². The van der Waals surface area contributed by atoms with Crippen LogP contribution in [0.4, 0.5) is 0 Å². The summed E-state index contributed by atoms with van der Waals surface area (Å²) >= 11 is 0. The summed E-state index contributed by atoms with van der Waals surface area (Å²) in [4.78, 5) is 107. The molecule has 0 aliphatic carbocycles. The molecule has 0 fully saturated rings. The van der Waals surface area contributed by atoms with Gasteiger partial charge in [0.1, 0.15) is 6.04 Å². The molecule has 18 heteroatoms. The molecule has 4 atom stereocenters. The highest BCUT2D eigenvalue weighted by atomic mass is 16.5. The second kappa shape index (κ2) is 37.9. The van der Waals surface area contributed by atoms with E-state index < -0.39 is 42.3 Å². The van der Waals surface area contributed by atoms with E-state index in [2.05, 4.69) is 26.6 Å². The molecule has 0 rings (SSSR count). The average molecular weight is 898 g/mol. The number of hydrogen-bond donors (Lipinski definition) is 7. The van der Waals surface area contributed by atoms with Gasteiger partial charge in [-0.2, -0.15) is 0 Å². The van der Waals surface area contributed by atoms with Gasteiger partial charge in [-0.1, -0.05) is 105 Å². The molecule has 4 amide bonds. The number of rotatable bonds is 43. The molecule has 0 aliphatic rings. The molecular formula is C45H79N5O13. The normalized spacial score (nSPS) is 13.0. The van der Waals surface area contributed by atoms with E-state index in [9.17, 15) is 48.3 Å².